The molecular formula is C18H23FN2O3. The lowest BCUT2D eigenvalue weighted by atomic mass is 9.85. The van der Waals surface area contributed by atoms with Crippen LogP contribution in [0.15, 0.2) is 18.2 Å². The third kappa shape index (κ3) is 2.64. The summed E-state index contributed by atoms with van der Waals surface area (Å²) in [6, 6.07) is 3.52. The van der Waals surface area contributed by atoms with Crippen molar-refractivity contribution in [2.75, 3.05) is 19.6 Å². The molecule has 0 bridgehead atoms. The molecule has 1 N–H and O–H groups in total. The van der Waals surface area contributed by atoms with Crippen LogP contribution in [0.1, 0.15) is 49.4 Å². The van der Waals surface area contributed by atoms with Crippen molar-refractivity contribution < 1.29 is 19.1 Å². The summed E-state index contributed by atoms with van der Waals surface area (Å²) >= 11 is 0. The van der Waals surface area contributed by atoms with Gasteiger partial charge in [0.2, 0.25) is 5.91 Å². The summed E-state index contributed by atoms with van der Waals surface area (Å²) < 4.78 is 14.1. The van der Waals surface area contributed by atoms with Crippen molar-refractivity contribution in [2.24, 2.45) is 0 Å². The Morgan fingerprint density at radius 3 is 2.67 bits per heavy atom. The number of carbonyl (C=O) groups excluding carboxylic acids is 2. The van der Waals surface area contributed by atoms with E-state index in [-0.39, 0.29) is 17.2 Å². The van der Waals surface area contributed by atoms with Gasteiger partial charge in [0.15, 0.2) is 0 Å². The summed E-state index contributed by atoms with van der Waals surface area (Å²) in [6.45, 7) is 3.91. The predicted molar refractivity (Wildman–Crippen MR) is 87.2 cm³/mol. The molecule has 1 unspecified atom stereocenters. The predicted octanol–water partition coefficient (Wildman–Crippen LogP) is 2.54. The normalized spacial score (nSPS) is 24.0. The summed E-state index contributed by atoms with van der Waals surface area (Å²) in [4.78, 5) is 29.3. The molecule has 1 aromatic carbocycles. The van der Waals surface area contributed by atoms with Gasteiger partial charge in [0.05, 0.1) is 5.56 Å². The number of likely N-dealkylation sites (tertiary alicyclic amines) is 2. The summed E-state index contributed by atoms with van der Waals surface area (Å²) in [7, 11) is 0. The zero-order valence-electron chi connectivity index (χ0n) is 13.9. The Morgan fingerprint density at radius 2 is 2.00 bits per heavy atom. The molecule has 1 atom stereocenters. The van der Waals surface area contributed by atoms with E-state index in [0.29, 0.717) is 25.9 Å². The molecule has 0 radical (unpaired) electrons. The lowest BCUT2D eigenvalue weighted by Gasteiger charge is -2.44. The van der Waals surface area contributed by atoms with Gasteiger partial charge in [-0.2, -0.15) is 0 Å². The lowest BCUT2D eigenvalue weighted by Crippen LogP contribution is -2.61. The Bertz CT molecular complexity index is 662. The monoisotopic (exact) mass is 334 g/mol. The largest absolute Gasteiger partial charge is 0.508 e. The number of amides is 2. The van der Waals surface area contributed by atoms with E-state index in [1.807, 2.05) is 11.8 Å². The van der Waals surface area contributed by atoms with Crippen molar-refractivity contribution in [3.8, 4) is 5.75 Å². The van der Waals surface area contributed by atoms with Crippen LogP contribution in [0.25, 0.3) is 0 Å². The molecule has 130 valence electrons. The minimum Gasteiger partial charge on any atom is -0.508 e. The highest BCUT2D eigenvalue weighted by atomic mass is 19.1. The van der Waals surface area contributed by atoms with Crippen LogP contribution in [-0.2, 0) is 4.79 Å². The smallest absolute Gasteiger partial charge is 0.257 e. The Labute approximate surface area is 141 Å². The quantitative estimate of drug-likeness (QED) is 0.924. The van der Waals surface area contributed by atoms with Gasteiger partial charge in [-0.1, -0.05) is 6.92 Å². The maximum atomic E-state index is 14.1. The highest BCUT2D eigenvalue weighted by molar-refractivity contribution is 6.00. The first-order valence-electron chi connectivity index (χ1n) is 8.59. The zero-order chi connectivity index (χ0) is 17.3. The summed E-state index contributed by atoms with van der Waals surface area (Å²) in [5.74, 6) is -1.43. The molecule has 2 fully saturated rings. The molecular weight excluding hydrogens is 311 g/mol. The summed E-state index contributed by atoms with van der Waals surface area (Å²) in [5, 5.41) is 9.34. The van der Waals surface area contributed by atoms with Crippen LogP contribution in [0.5, 0.6) is 5.75 Å². The van der Waals surface area contributed by atoms with E-state index in [1.54, 1.807) is 4.90 Å². The molecule has 6 heteroatoms. The van der Waals surface area contributed by atoms with E-state index < -0.39 is 17.3 Å². The maximum Gasteiger partial charge on any atom is 0.257 e. The number of rotatable bonds is 3. The Hall–Kier alpha value is -2.11. The maximum absolute atomic E-state index is 14.1. The summed E-state index contributed by atoms with van der Waals surface area (Å²) in [6.07, 6.45) is 3.75. The second-order valence-electron chi connectivity index (χ2n) is 6.65. The lowest BCUT2D eigenvalue weighted by molar-refractivity contribution is -0.145. The molecule has 0 aromatic heterocycles. The Balaban J connectivity index is 1.92. The number of benzene rings is 1. The molecule has 24 heavy (non-hydrogen) atoms. The number of phenols is 1. The second-order valence-corrected chi connectivity index (χ2v) is 6.65. The molecule has 1 aromatic rings. The van der Waals surface area contributed by atoms with E-state index in [0.717, 1.165) is 31.9 Å². The third-order valence-electron chi connectivity index (χ3n) is 5.11. The average molecular weight is 334 g/mol. The van der Waals surface area contributed by atoms with Gasteiger partial charge in [-0.3, -0.25) is 9.59 Å². The number of nitrogens with zero attached hydrogens (tertiary/aromatic N) is 2. The molecule has 2 aliphatic heterocycles. The van der Waals surface area contributed by atoms with Crippen LogP contribution in [-0.4, -0.2) is 51.9 Å². The number of halogens is 1. The van der Waals surface area contributed by atoms with Crippen molar-refractivity contribution in [1.82, 2.24) is 9.80 Å². The fraction of sp³-hybridized carbons (Fsp3) is 0.556. The van der Waals surface area contributed by atoms with Gasteiger partial charge in [-0.05, 0) is 44.2 Å². The van der Waals surface area contributed by atoms with Gasteiger partial charge >= 0.3 is 0 Å². The summed E-state index contributed by atoms with van der Waals surface area (Å²) in [5.41, 5.74) is -0.913. The van der Waals surface area contributed by atoms with Crippen LogP contribution in [0.4, 0.5) is 4.39 Å². The molecule has 5 nitrogen and oxygen atoms in total. The van der Waals surface area contributed by atoms with Crippen LogP contribution in [0.2, 0.25) is 0 Å². The molecule has 2 heterocycles. The molecule has 2 saturated heterocycles. The molecule has 1 spiro atoms. The van der Waals surface area contributed by atoms with E-state index >= 15 is 0 Å². The van der Waals surface area contributed by atoms with Gasteiger partial charge in [0.1, 0.15) is 17.1 Å². The highest BCUT2D eigenvalue weighted by Crippen LogP contribution is 2.39. The van der Waals surface area contributed by atoms with Gasteiger partial charge in [0.25, 0.3) is 5.91 Å². The zero-order valence-corrected chi connectivity index (χ0v) is 13.9. The Morgan fingerprint density at radius 1 is 1.29 bits per heavy atom. The van der Waals surface area contributed by atoms with E-state index in [4.69, 9.17) is 0 Å². The van der Waals surface area contributed by atoms with E-state index in [9.17, 15) is 19.1 Å². The van der Waals surface area contributed by atoms with Crippen LogP contribution < -0.4 is 0 Å². The standard InChI is InChI=1S/C18H23FN2O3/c1-2-9-20-10-3-7-18(17(20)24)8-4-11-21(18)16(23)14-6-5-13(22)12-15(14)19/h5-6,12,22H,2-4,7-11H2,1H3. The number of piperidine rings is 1. The number of carbonyl (C=O) groups is 2. The first-order valence-corrected chi connectivity index (χ1v) is 8.59. The minimum atomic E-state index is -0.825. The topological polar surface area (TPSA) is 60.9 Å². The van der Waals surface area contributed by atoms with Crippen LogP contribution in [0.3, 0.4) is 0 Å². The number of hydrogen-bond acceptors (Lipinski definition) is 3. The highest BCUT2D eigenvalue weighted by Gasteiger charge is 2.52. The van der Waals surface area contributed by atoms with Crippen molar-refractivity contribution in [3.63, 3.8) is 0 Å². The van der Waals surface area contributed by atoms with Crippen LogP contribution in [0, 0.1) is 5.82 Å². The van der Waals surface area contributed by atoms with Crippen LogP contribution >= 0.6 is 0 Å². The number of hydrogen-bond donors (Lipinski definition) is 1. The van der Waals surface area contributed by atoms with E-state index in [1.165, 1.54) is 12.1 Å². The van der Waals surface area contributed by atoms with Gasteiger partial charge < -0.3 is 14.9 Å². The number of aromatic hydroxyl groups is 1. The molecule has 0 saturated carbocycles. The fourth-order valence-electron chi connectivity index (χ4n) is 4.03. The second kappa shape index (κ2) is 6.42. The molecule has 3 rings (SSSR count). The third-order valence-corrected chi connectivity index (χ3v) is 5.11. The SMILES string of the molecule is CCCN1CCCC2(CCCN2C(=O)c2ccc(O)cc2F)C1=O. The van der Waals surface area contributed by atoms with Gasteiger partial charge in [-0.25, -0.2) is 4.39 Å². The van der Waals surface area contributed by atoms with Gasteiger partial charge in [-0.15, -0.1) is 0 Å². The molecule has 0 aliphatic carbocycles. The van der Waals surface area contributed by atoms with Crippen molar-refractivity contribution in [3.05, 3.63) is 29.6 Å². The minimum absolute atomic E-state index is 0.000589. The van der Waals surface area contributed by atoms with Crippen molar-refractivity contribution in [1.29, 1.82) is 0 Å². The first-order chi connectivity index (χ1) is 11.5. The molecule has 2 aliphatic rings. The van der Waals surface area contributed by atoms with Crippen molar-refractivity contribution in [2.45, 2.75) is 44.6 Å². The number of phenolic OH excluding ortho intramolecular Hbond substituents is 1. The molecule has 2 amide bonds. The Kier molecular flexibility index (Phi) is 4.47. The first kappa shape index (κ1) is 16.7. The average Bonchev–Trinajstić information content (AvgIpc) is 2.96. The van der Waals surface area contributed by atoms with E-state index in [2.05, 4.69) is 0 Å². The van der Waals surface area contributed by atoms with Gasteiger partial charge in [0, 0.05) is 25.7 Å². The van der Waals surface area contributed by atoms with Crippen molar-refractivity contribution >= 4 is 11.8 Å². The fourth-order valence-corrected chi connectivity index (χ4v) is 4.03.